The fraction of sp³-hybridized carbons (Fsp3) is 0.167. The number of sulfonamides is 1. The number of halogens is 1. The molecular formula is C18H17ClN4O3S3. The van der Waals surface area contributed by atoms with Gasteiger partial charge in [-0.15, -0.1) is 10.2 Å². The maximum absolute atomic E-state index is 12.8. The molecule has 1 amide bonds. The highest BCUT2D eigenvalue weighted by atomic mass is 35.5. The third-order valence-electron chi connectivity index (χ3n) is 3.65. The Kier molecular flexibility index (Phi) is 6.78. The van der Waals surface area contributed by atoms with Gasteiger partial charge in [-0.2, -0.15) is 0 Å². The maximum atomic E-state index is 12.8. The van der Waals surface area contributed by atoms with Gasteiger partial charge >= 0.3 is 0 Å². The highest BCUT2D eigenvalue weighted by molar-refractivity contribution is 8.01. The summed E-state index contributed by atoms with van der Waals surface area (Å²) in [5, 5.41) is 10.9. The van der Waals surface area contributed by atoms with E-state index in [-0.39, 0.29) is 15.5 Å². The highest BCUT2D eigenvalue weighted by Crippen LogP contribution is 2.27. The smallest absolute Gasteiger partial charge is 0.263 e. The van der Waals surface area contributed by atoms with Crippen molar-refractivity contribution in [3.63, 3.8) is 0 Å². The van der Waals surface area contributed by atoms with Crippen LogP contribution < -0.4 is 10.0 Å². The summed E-state index contributed by atoms with van der Waals surface area (Å²) in [5.74, 6) is 0.340. The number of aromatic nitrogens is 2. The van der Waals surface area contributed by atoms with Gasteiger partial charge in [-0.25, -0.2) is 8.42 Å². The number of carbonyl (C=O) groups excluding carboxylic acids is 1. The molecule has 3 aromatic rings. The average molecular weight is 469 g/mol. The first-order valence-corrected chi connectivity index (χ1v) is 12.1. The first kappa shape index (κ1) is 21.6. The van der Waals surface area contributed by atoms with Gasteiger partial charge in [0.25, 0.3) is 15.9 Å². The average Bonchev–Trinajstić information content (AvgIpc) is 3.08. The van der Waals surface area contributed by atoms with Crippen LogP contribution in [-0.4, -0.2) is 30.3 Å². The molecule has 152 valence electrons. The van der Waals surface area contributed by atoms with Crippen LogP contribution in [0.15, 0.2) is 51.7 Å². The number of aryl methyl sites for hydroxylation is 1. The van der Waals surface area contributed by atoms with Crippen LogP contribution in [0, 0.1) is 6.92 Å². The van der Waals surface area contributed by atoms with Gasteiger partial charge in [-0.3, -0.25) is 14.8 Å². The van der Waals surface area contributed by atoms with Crippen LogP contribution in [0.2, 0.25) is 5.02 Å². The fourth-order valence-electron chi connectivity index (χ4n) is 2.38. The molecule has 0 fully saturated rings. The Bertz CT molecular complexity index is 1150. The van der Waals surface area contributed by atoms with E-state index in [1.807, 2.05) is 19.9 Å². The lowest BCUT2D eigenvalue weighted by Gasteiger charge is -2.11. The molecule has 0 atom stereocenters. The lowest BCUT2D eigenvalue weighted by atomic mass is 10.2. The van der Waals surface area contributed by atoms with Crippen LogP contribution in [0.3, 0.4) is 0 Å². The Morgan fingerprint density at radius 2 is 2.00 bits per heavy atom. The Morgan fingerprint density at radius 1 is 1.21 bits per heavy atom. The first-order valence-electron chi connectivity index (χ1n) is 8.45. The summed E-state index contributed by atoms with van der Waals surface area (Å²) in [7, 11) is -3.98. The second-order valence-electron chi connectivity index (χ2n) is 5.88. The number of nitrogens with zero attached hydrogens (tertiary/aromatic N) is 2. The van der Waals surface area contributed by atoms with Crippen molar-refractivity contribution >= 4 is 61.4 Å². The molecule has 1 aromatic heterocycles. The summed E-state index contributed by atoms with van der Waals surface area (Å²) >= 11 is 8.87. The summed E-state index contributed by atoms with van der Waals surface area (Å²) in [6.07, 6.45) is 0. The van der Waals surface area contributed by atoms with Gasteiger partial charge in [0.05, 0.1) is 5.02 Å². The zero-order chi connectivity index (χ0) is 21.0. The fourth-order valence-corrected chi connectivity index (χ4v) is 5.60. The molecule has 0 saturated heterocycles. The Balaban J connectivity index is 1.83. The molecule has 29 heavy (non-hydrogen) atoms. The first-order chi connectivity index (χ1) is 13.8. The van der Waals surface area contributed by atoms with Crippen molar-refractivity contribution in [2.45, 2.75) is 23.1 Å². The highest BCUT2D eigenvalue weighted by Gasteiger charge is 2.21. The third-order valence-corrected chi connectivity index (χ3v) is 7.36. The van der Waals surface area contributed by atoms with Crippen molar-refractivity contribution in [2.75, 3.05) is 15.8 Å². The molecule has 2 N–H and O–H groups in total. The standard InChI is InChI=1S/C18H17ClN4O3S3/c1-3-27-18-22-21-17(28-18)20-16(24)12-7-8-14(19)15(10-12)29(25,26)23-13-6-4-5-11(2)9-13/h4-10,23H,3H2,1-2H3,(H,20,21,24). The lowest BCUT2D eigenvalue weighted by molar-refractivity contribution is 0.102. The normalized spacial score (nSPS) is 11.3. The van der Waals surface area contributed by atoms with Gasteiger partial charge in [-0.1, -0.05) is 53.8 Å². The van der Waals surface area contributed by atoms with Crippen molar-refractivity contribution in [3.8, 4) is 0 Å². The number of carbonyl (C=O) groups is 1. The van der Waals surface area contributed by atoms with Crippen molar-refractivity contribution in [3.05, 3.63) is 58.6 Å². The van der Waals surface area contributed by atoms with E-state index < -0.39 is 15.9 Å². The molecule has 0 radical (unpaired) electrons. The Morgan fingerprint density at radius 3 is 2.72 bits per heavy atom. The van der Waals surface area contributed by atoms with E-state index in [1.54, 1.807) is 18.2 Å². The molecule has 7 nitrogen and oxygen atoms in total. The van der Waals surface area contributed by atoms with Crippen molar-refractivity contribution in [1.29, 1.82) is 0 Å². The number of amides is 1. The molecule has 0 aliphatic rings. The monoisotopic (exact) mass is 468 g/mol. The van der Waals surface area contributed by atoms with E-state index in [0.717, 1.165) is 15.7 Å². The van der Waals surface area contributed by atoms with E-state index in [1.165, 1.54) is 41.3 Å². The number of thioether (sulfide) groups is 1. The number of hydrogen-bond donors (Lipinski definition) is 2. The molecule has 11 heteroatoms. The molecule has 2 aromatic carbocycles. The van der Waals surface area contributed by atoms with Gasteiger partial charge in [0.1, 0.15) is 4.90 Å². The van der Waals surface area contributed by atoms with Gasteiger partial charge in [0, 0.05) is 11.3 Å². The molecule has 3 rings (SSSR count). The van der Waals surface area contributed by atoms with E-state index in [9.17, 15) is 13.2 Å². The molecule has 0 saturated carbocycles. The van der Waals surface area contributed by atoms with E-state index in [0.29, 0.717) is 10.8 Å². The Hall–Kier alpha value is -2.14. The molecule has 0 bridgehead atoms. The minimum Gasteiger partial charge on any atom is -0.296 e. The molecule has 0 aliphatic carbocycles. The van der Waals surface area contributed by atoms with Crippen LogP contribution in [0.1, 0.15) is 22.8 Å². The number of nitrogens with one attached hydrogen (secondary N) is 2. The van der Waals surface area contributed by atoms with Crippen LogP contribution in [-0.2, 0) is 10.0 Å². The third kappa shape index (κ3) is 5.47. The second kappa shape index (κ2) is 9.12. The lowest BCUT2D eigenvalue weighted by Crippen LogP contribution is -2.16. The number of rotatable bonds is 7. The molecular weight excluding hydrogens is 452 g/mol. The topological polar surface area (TPSA) is 101 Å². The van der Waals surface area contributed by atoms with Gasteiger partial charge in [0.2, 0.25) is 5.13 Å². The van der Waals surface area contributed by atoms with Crippen molar-refractivity contribution in [1.82, 2.24) is 10.2 Å². The van der Waals surface area contributed by atoms with E-state index in [2.05, 4.69) is 20.2 Å². The summed E-state index contributed by atoms with van der Waals surface area (Å²) in [4.78, 5) is 12.4. The summed E-state index contributed by atoms with van der Waals surface area (Å²) in [6, 6.07) is 11.0. The minimum atomic E-state index is -3.98. The minimum absolute atomic E-state index is 0.0132. The summed E-state index contributed by atoms with van der Waals surface area (Å²) in [6.45, 7) is 3.85. The zero-order valence-electron chi connectivity index (χ0n) is 15.5. The van der Waals surface area contributed by atoms with Crippen molar-refractivity contribution < 1.29 is 13.2 Å². The van der Waals surface area contributed by atoms with E-state index >= 15 is 0 Å². The molecule has 1 heterocycles. The number of hydrogen-bond acceptors (Lipinski definition) is 7. The molecule has 0 spiro atoms. The quantitative estimate of drug-likeness (QED) is 0.386. The summed E-state index contributed by atoms with van der Waals surface area (Å²) < 4.78 is 28.8. The largest absolute Gasteiger partial charge is 0.296 e. The van der Waals surface area contributed by atoms with Crippen LogP contribution in [0.5, 0.6) is 0 Å². The SMILES string of the molecule is CCSc1nnc(NC(=O)c2ccc(Cl)c(S(=O)(=O)Nc3cccc(C)c3)c2)s1. The van der Waals surface area contributed by atoms with Gasteiger partial charge in [0.15, 0.2) is 4.34 Å². The molecule has 0 aliphatic heterocycles. The van der Waals surface area contributed by atoms with Crippen molar-refractivity contribution in [2.24, 2.45) is 0 Å². The van der Waals surface area contributed by atoms with Gasteiger partial charge in [-0.05, 0) is 48.6 Å². The number of anilines is 2. The van der Waals surface area contributed by atoms with E-state index in [4.69, 9.17) is 11.6 Å². The Labute approximate surface area is 182 Å². The van der Waals surface area contributed by atoms with Crippen LogP contribution in [0.25, 0.3) is 0 Å². The van der Waals surface area contributed by atoms with Crippen LogP contribution in [0.4, 0.5) is 10.8 Å². The zero-order valence-corrected chi connectivity index (χ0v) is 18.7. The predicted octanol–water partition coefficient (Wildman–Crippen LogP) is 4.67. The second-order valence-corrected chi connectivity index (χ2v) is 10.4. The molecule has 0 unspecified atom stereocenters. The summed E-state index contributed by atoms with van der Waals surface area (Å²) in [5.41, 5.74) is 1.45. The number of benzene rings is 2. The predicted molar refractivity (Wildman–Crippen MR) is 118 cm³/mol. The maximum Gasteiger partial charge on any atom is 0.263 e. The van der Waals surface area contributed by atoms with Crippen LogP contribution >= 0.6 is 34.7 Å². The van der Waals surface area contributed by atoms with Gasteiger partial charge < -0.3 is 0 Å².